The average molecular weight is 445 g/mol. The van der Waals surface area contributed by atoms with Gasteiger partial charge in [0.2, 0.25) is 0 Å². The molecule has 0 spiro atoms. The number of nitrogens with one attached hydrogen (secondary N) is 2. The molecule has 1 amide bonds. The number of aromatic amines is 1. The summed E-state index contributed by atoms with van der Waals surface area (Å²) < 4.78 is 16.0. The fraction of sp³-hybridized carbons (Fsp3) is 0.130. The molecule has 0 saturated carbocycles. The maximum Gasteiger partial charge on any atom is 0.268 e. The lowest BCUT2D eigenvalue weighted by Crippen LogP contribution is -2.20. The largest absolute Gasteiger partial charge is 0.497 e. The summed E-state index contributed by atoms with van der Waals surface area (Å²) in [4.78, 5) is 26.7. The van der Waals surface area contributed by atoms with E-state index in [1.807, 2.05) is 6.07 Å². The molecule has 4 N–H and O–H groups in total. The van der Waals surface area contributed by atoms with Crippen LogP contribution in [-0.4, -0.2) is 31.7 Å². The lowest BCUT2D eigenvalue weighted by Gasteiger charge is -2.14. The summed E-state index contributed by atoms with van der Waals surface area (Å²) in [6.45, 7) is -0.299. The van der Waals surface area contributed by atoms with Gasteiger partial charge in [-0.1, -0.05) is 6.07 Å². The topological polar surface area (TPSA) is 163 Å². The lowest BCUT2D eigenvalue weighted by molar-refractivity contribution is -0.118. The van der Waals surface area contributed by atoms with E-state index in [0.717, 1.165) is 0 Å². The summed E-state index contributed by atoms with van der Waals surface area (Å²) in [7, 11) is 2.94. The van der Waals surface area contributed by atoms with E-state index in [0.29, 0.717) is 17.0 Å². The van der Waals surface area contributed by atoms with E-state index < -0.39 is 11.5 Å². The van der Waals surface area contributed by atoms with Crippen molar-refractivity contribution >= 4 is 17.4 Å². The van der Waals surface area contributed by atoms with Crippen LogP contribution in [0.4, 0.5) is 11.5 Å². The highest BCUT2D eigenvalue weighted by Crippen LogP contribution is 2.35. The first kappa shape index (κ1) is 22.7. The van der Waals surface area contributed by atoms with E-state index in [4.69, 9.17) is 19.9 Å². The third-order valence-electron chi connectivity index (χ3n) is 4.65. The fourth-order valence-electron chi connectivity index (χ4n) is 3.09. The maximum absolute atomic E-state index is 12.2. The van der Waals surface area contributed by atoms with Crippen molar-refractivity contribution in [3.05, 3.63) is 63.9 Å². The van der Waals surface area contributed by atoms with Gasteiger partial charge in [-0.3, -0.25) is 9.59 Å². The molecule has 3 aromatic rings. The lowest BCUT2D eigenvalue weighted by atomic mass is 9.96. The molecule has 33 heavy (non-hydrogen) atoms. The highest BCUT2D eigenvalue weighted by molar-refractivity contribution is 5.92. The smallest absolute Gasteiger partial charge is 0.268 e. The van der Waals surface area contributed by atoms with Gasteiger partial charge in [-0.05, 0) is 42.0 Å². The number of ether oxygens (including phenoxy) is 3. The van der Waals surface area contributed by atoms with Crippen LogP contribution in [0.2, 0.25) is 0 Å². The molecule has 0 radical (unpaired) electrons. The molecule has 0 aliphatic rings. The van der Waals surface area contributed by atoms with Crippen LogP contribution < -0.4 is 30.8 Å². The van der Waals surface area contributed by atoms with Crippen molar-refractivity contribution in [1.82, 2.24) is 4.98 Å². The molecular weight excluding hydrogens is 426 g/mol. The Morgan fingerprint density at radius 3 is 2.33 bits per heavy atom. The number of rotatable bonds is 7. The van der Waals surface area contributed by atoms with E-state index in [9.17, 15) is 20.1 Å². The average Bonchev–Trinajstić information content (AvgIpc) is 2.82. The van der Waals surface area contributed by atoms with Crippen LogP contribution in [0, 0.1) is 22.7 Å². The van der Waals surface area contributed by atoms with Crippen molar-refractivity contribution in [2.45, 2.75) is 0 Å². The zero-order valence-corrected chi connectivity index (χ0v) is 17.8. The van der Waals surface area contributed by atoms with Gasteiger partial charge in [0.1, 0.15) is 34.8 Å². The molecule has 1 aromatic heterocycles. The van der Waals surface area contributed by atoms with Crippen LogP contribution in [0.1, 0.15) is 11.1 Å². The van der Waals surface area contributed by atoms with Gasteiger partial charge in [0, 0.05) is 11.3 Å². The van der Waals surface area contributed by atoms with Gasteiger partial charge >= 0.3 is 0 Å². The fourth-order valence-corrected chi connectivity index (χ4v) is 3.09. The van der Waals surface area contributed by atoms with E-state index in [-0.39, 0.29) is 40.6 Å². The number of pyridine rings is 1. The number of hydrogen-bond donors (Lipinski definition) is 3. The number of hydrogen-bond acceptors (Lipinski definition) is 8. The van der Waals surface area contributed by atoms with Crippen molar-refractivity contribution in [2.75, 3.05) is 31.9 Å². The minimum Gasteiger partial charge on any atom is -0.497 e. The summed E-state index contributed by atoms with van der Waals surface area (Å²) in [6.07, 6.45) is 0. The van der Waals surface area contributed by atoms with Crippen molar-refractivity contribution in [2.24, 2.45) is 0 Å². The summed E-state index contributed by atoms with van der Waals surface area (Å²) in [6, 6.07) is 15.1. The molecule has 0 atom stereocenters. The van der Waals surface area contributed by atoms with Crippen LogP contribution in [-0.2, 0) is 4.79 Å². The van der Waals surface area contributed by atoms with Gasteiger partial charge in [0.25, 0.3) is 11.5 Å². The molecule has 2 aromatic carbocycles. The Hall–Kier alpha value is -4.96. The van der Waals surface area contributed by atoms with Crippen LogP contribution in [0.15, 0.2) is 47.3 Å². The molecule has 0 fully saturated rings. The van der Waals surface area contributed by atoms with Crippen molar-refractivity contribution in [1.29, 1.82) is 10.5 Å². The zero-order chi connectivity index (χ0) is 24.0. The molecule has 0 aliphatic heterocycles. The minimum atomic E-state index is -0.710. The number of methoxy groups -OCH3 is 2. The van der Waals surface area contributed by atoms with Crippen LogP contribution in [0.3, 0.4) is 0 Å². The maximum atomic E-state index is 12.2. The number of H-pyrrole nitrogens is 1. The van der Waals surface area contributed by atoms with E-state index in [1.165, 1.54) is 25.3 Å². The molecule has 1 heterocycles. The molecule has 0 saturated heterocycles. The standard InChI is InChI=1S/C23H19N5O5/c1-31-15-6-4-14(5-7-15)27-20(29)12-33-18-8-3-13(9-19(18)32-2)21-16(10-24)22(26)28-23(30)17(21)11-25/h3-9H,12H2,1-2H3,(H,27,29)(H3,26,28,30). The number of nitriles is 2. The van der Waals surface area contributed by atoms with Crippen molar-refractivity contribution in [3.63, 3.8) is 0 Å². The van der Waals surface area contributed by atoms with Gasteiger partial charge in [-0.25, -0.2) is 0 Å². The first-order valence-corrected chi connectivity index (χ1v) is 9.52. The monoisotopic (exact) mass is 445 g/mol. The number of nitrogens with zero attached hydrogens (tertiary/aromatic N) is 2. The molecule has 0 aliphatic carbocycles. The van der Waals surface area contributed by atoms with Gasteiger partial charge in [-0.15, -0.1) is 0 Å². The predicted molar refractivity (Wildman–Crippen MR) is 120 cm³/mol. The minimum absolute atomic E-state index is 0.0410. The molecule has 0 bridgehead atoms. The first-order chi connectivity index (χ1) is 15.9. The SMILES string of the molecule is COc1ccc(NC(=O)COc2ccc(-c3c(C#N)c(N)[nH]c(=O)c3C#N)cc2OC)cc1. The normalized spacial score (nSPS) is 9.94. The van der Waals surface area contributed by atoms with E-state index >= 15 is 0 Å². The summed E-state index contributed by atoms with van der Waals surface area (Å²) in [5.41, 5.74) is 5.77. The number of carbonyl (C=O) groups excluding carboxylic acids is 1. The molecule has 0 unspecified atom stereocenters. The second-order valence-corrected chi connectivity index (χ2v) is 6.65. The van der Waals surface area contributed by atoms with Gasteiger partial charge < -0.3 is 30.2 Å². The first-order valence-electron chi connectivity index (χ1n) is 9.52. The zero-order valence-electron chi connectivity index (χ0n) is 17.8. The van der Waals surface area contributed by atoms with E-state index in [2.05, 4.69) is 10.3 Å². The van der Waals surface area contributed by atoms with Crippen molar-refractivity contribution in [3.8, 4) is 40.5 Å². The van der Waals surface area contributed by atoms with Gasteiger partial charge in [-0.2, -0.15) is 10.5 Å². The Morgan fingerprint density at radius 1 is 1.03 bits per heavy atom. The predicted octanol–water partition coefficient (Wildman–Crippen LogP) is 2.40. The summed E-state index contributed by atoms with van der Waals surface area (Å²) in [5, 5.41) is 21.6. The number of anilines is 2. The molecule has 10 heteroatoms. The Morgan fingerprint density at radius 2 is 1.73 bits per heavy atom. The highest BCUT2D eigenvalue weighted by atomic mass is 16.5. The molecular formula is C23H19N5O5. The highest BCUT2D eigenvalue weighted by Gasteiger charge is 2.20. The number of amides is 1. The number of aromatic nitrogens is 1. The van der Waals surface area contributed by atoms with Crippen molar-refractivity contribution < 1.29 is 19.0 Å². The quantitative estimate of drug-likeness (QED) is 0.499. The third kappa shape index (κ3) is 4.86. The van der Waals surface area contributed by atoms with Gasteiger partial charge in [0.05, 0.1) is 14.2 Å². The van der Waals surface area contributed by atoms with Gasteiger partial charge in [0.15, 0.2) is 18.1 Å². The summed E-state index contributed by atoms with van der Waals surface area (Å²) in [5.74, 6) is 0.603. The number of carbonyl (C=O) groups is 1. The summed E-state index contributed by atoms with van der Waals surface area (Å²) >= 11 is 0. The number of nitrogen functional groups attached to an aromatic ring is 1. The van der Waals surface area contributed by atoms with Crippen LogP contribution in [0.5, 0.6) is 17.2 Å². The molecule has 3 rings (SSSR count). The number of benzene rings is 2. The Labute approximate surface area is 188 Å². The Kier molecular flexibility index (Phi) is 6.81. The number of nitrogens with two attached hydrogens (primary N) is 1. The third-order valence-corrected chi connectivity index (χ3v) is 4.65. The molecule has 10 nitrogen and oxygen atoms in total. The Bertz CT molecular complexity index is 1330. The second kappa shape index (κ2) is 9.90. The van der Waals surface area contributed by atoms with E-state index in [1.54, 1.807) is 37.4 Å². The Balaban J connectivity index is 1.84. The van der Waals surface area contributed by atoms with Crippen LogP contribution in [0.25, 0.3) is 11.1 Å². The van der Waals surface area contributed by atoms with Crippen LogP contribution >= 0.6 is 0 Å². The second-order valence-electron chi connectivity index (χ2n) is 6.65. The molecule has 166 valence electrons.